The van der Waals surface area contributed by atoms with Gasteiger partial charge in [0.15, 0.2) is 11.5 Å². The molecular weight excluding hydrogens is 510 g/mol. The molecule has 0 aliphatic carbocycles. The van der Waals surface area contributed by atoms with Gasteiger partial charge in [-0.3, -0.25) is 4.72 Å². The first-order chi connectivity index (χ1) is 18.3. The number of anilines is 5. The molecular formula is C26H27N5O6S. The zero-order valence-electron chi connectivity index (χ0n) is 21.2. The molecule has 0 saturated heterocycles. The molecule has 12 heteroatoms. The zero-order valence-corrected chi connectivity index (χ0v) is 22.0. The second-order valence-corrected chi connectivity index (χ2v) is 9.47. The number of rotatable bonds is 11. The normalized spacial score (nSPS) is 10.8. The summed E-state index contributed by atoms with van der Waals surface area (Å²) in [5.41, 5.74) is 1.75. The van der Waals surface area contributed by atoms with Crippen molar-refractivity contribution in [3.63, 3.8) is 0 Å². The number of aromatic nitrogens is 2. The van der Waals surface area contributed by atoms with Crippen molar-refractivity contribution in [2.75, 3.05) is 43.8 Å². The first-order valence-electron chi connectivity index (χ1n) is 11.3. The minimum absolute atomic E-state index is 0.130. The number of sulfonamides is 1. The Balaban J connectivity index is 1.45. The molecule has 0 aliphatic rings. The van der Waals surface area contributed by atoms with Gasteiger partial charge in [-0.25, -0.2) is 13.4 Å². The van der Waals surface area contributed by atoms with Gasteiger partial charge in [0.05, 0.1) is 33.3 Å². The van der Waals surface area contributed by atoms with Gasteiger partial charge < -0.3 is 29.6 Å². The van der Waals surface area contributed by atoms with Crippen molar-refractivity contribution in [1.82, 2.24) is 9.97 Å². The Morgan fingerprint density at radius 3 is 1.89 bits per heavy atom. The molecule has 0 unspecified atom stereocenters. The van der Waals surface area contributed by atoms with Crippen LogP contribution in [0.2, 0.25) is 0 Å². The summed E-state index contributed by atoms with van der Waals surface area (Å²) >= 11 is 0. The van der Waals surface area contributed by atoms with Crippen LogP contribution in [0.5, 0.6) is 23.0 Å². The second kappa shape index (κ2) is 11.6. The number of benzene rings is 3. The Kier molecular flexibility index (Phi) is 8.02. The van der Waals surface area contributed by atoms with Gasteiger partial charge in [0.1, 0.15) is 11.6 Å². The average Bonchev–Trinajstić information content (AvgIpc) is 2.93. The highest BCUT2D eigenvalue weighted by Crippen LogP contribution is 2.40. The maximum absolute atomic E-state index is 12.7. The Labute approximate surface area is 220 Å². The number of ether oxygens (including phenoxy) is 4. The average molecular weight is 538 g/mol. The highest BCUT2D eigenvalue weighted by molar-refractivity contribution is 7.92. The number of methoxy groups -OCH3 is 4. The highest BCUT2D eigenvalue weighted by Gasteiger charge is 2.15. The van der Waals surface area contributed by atoms with Crippen LogP contribution in [-0.4, -0.2) is 46.8 Å². The largest absolute Gasteiger partial charge is 0.497 e. The van der Waals surface area contributed by atoms with Crippen LogP contribution in [0.25, 0.3) is 0 Å². The third kappa shape index (κ3) is 6.16. The monoisotopic (exact) mass is 537 g/mol. The summed E-state index contributed by atoms with van der Waals surface area (Å²) < 4.78 is 49.1. The molecule has 0 bridgehead atoms. The summed E-state index contributed by atoms with van der Waals surface area (Å²) in [5, 5.41) is 6.30. The summed E-state index contributed by atoms with van der Waals surface area (Å²) in [4.78, 5) is 8.87. The van der Waals surface area contributed by atoms with E-state index in [1.54, 1.807) is 75.0 Å². The maximum atomic E-state index is 12.7. The third-order valence-corrected chi connectivity index (χ3v) is 6.75. The third-order valence-electron chi connectivity index (χ3n) is 5.36. The molecule has 0 saturated carbocycles. The van der Waals surface area contributed by atoms with E-state index in [2.05, 4.69) is 25.3 Å². The van der Waals surface area contributed by atoms with Crippen molar-refractivity contribution in [3.8, 4) is 23.0 Å². The van der Waals surface area contributed by atoms with E-state index >= 15 is 0 Å². The molecule has 4 aromatic rings. The fourth-order valence-electron chi connectivity index (χ4n) is 3.51. The summed E-state index contributed by atoms with van der Waals surface area (Å²) in [6.45, 7) is 0. The Morgan fingerprint density at radius 1 is 0.684 bits per heavy atom. The molecule has 0 fully saturated rings. The Morgan fingerprint density at radius 2 is 1.32 bits per heavy atom. The Bertz CT molecular complexity index is 1470. The lowest BCUT2D eigenvalue weighted by Gasteiger charge is -2.15. The van der Waals surface area contributed by atoms with Crippen LogP contribution in [-0.2, 0) is 10.0 Å². The van der Waals surface area contributed by atoms with Crippen molar-refractivity contribution < 1.29 is 27.4 Å². The van der Waals surface area contributed by atoms with Crippen molar-refractivity contribution in [1.29, 1.82) is 0 Å². The van der Waals surface area contributed by atoms with Gasteiger partial charge in [0, 0.05) is 35.4 Å². The Hall–Kier alpha value is -4.71. The molecule has 4 rings (SSSR count). The topological polar surface area (TPSA) is 133 Å². The summed E-state index contributed by atoms with van der Waals surface area (Å²) in [6.07, 6.45) is 1.60. The van der Waals surface area contributed by atoms with E-state index in [0.717, 1.165) is 0 Å². The molecule has 0 atom stereocenters. The smallest absolute Gasteiger partial charge is 0.261 e. The van der Waals surface area contributed by atoms with Gasteiger partial charge in [-0.15, -0.1) is 0 Å². The standard InChI is InChI=1S/C26H27N5O6S/c1-34-20-9-11-21(12-10-20)38(32,33)31-18-7-5-17(6-8-18)29-26-27-14-13-24(30-26)28-19-15-22(35-2)25(37-4)23(16-19)36-3/h5-16,31H,1-4H3,(H2,27,28,29,30). The molecule has 38 heavy (non-hydrogen) atoms. The molecule has 0 spiro atoms. The zero-order chi connectivity index (χ0) is 27.1. The molecule has 3 N–H and O–H groups in total. The predicted molar refractivity (Wildman–Crippen MR) is 145 cm³/mol. The molecule has 198 valence electrons. The van der Waals surface area contributed by atoms with E-state index in [9.17, 15) is 8.42 Å². The lowest BCUT2D eigenvalue weighted by molar-refractivity contribution is 0.324. The first kappa shape index (κ1) is 26.4. The van der Waals surface area contributed by atoms with Crippen molar-refractivity contribution in [2.24, 2.45) is 0 Å². The lowest BCUT2D eigenvalue weighted by atomic mass is 10.2. The molecule has 0 aliphatic heterocycles. The van der Waals surface area contributed by atoms with Crippen LogP contribution < -0.4 is 34.3 Å². The minimum atomic E-state index is -3.74. The van der Waals surface area contributed by atoms with Crippen molar-refractivity contribution in [3.05, 3.63) is 72.9 Å². The fourth-order valence-corrected chi connectivity index (χ4v) is 4.57. The molecule has 0 amide bonds. The van der Waals surface area contributed by atoms with E-state index in [1.807, 2.05) is 0 Å². The molecule has 0 radical (unpaired) electrons. The fraction of sp³-hybridized carbons (Fsp3) is 0.154. The molecule has 3 aromatic carbocycles. The van der Waals surface area contributed by atoms with Crippen LogP contribution in [0.15, 0.2) is 77.8 Å². The second-order valence-electron chi connectivity index (χ2n) is 7.79. The van der Waals surface area contributed by atoms with Gasteiger partial charge in [-0.1, -0.05) is 0 Å². The van der Waals surface area contributed by atoms with Gasteiger partial charge in [0.2, 0.25) is 11.7 Å². The van der Waals surface area contributed by atoms with E-state index < -0.39 is 10.0 Å². The predicted octanol–water partition coefficient (Wildman–Crippen LogP) is 4.80. The minimum Gasteiger partial charge on any atom is -0.497 e. The van der Waals surface area contributed by atoms with Crippen LogP contribution in [0.3, 0.4) is 0 Å². The number of hydrogen-bond acceptors (Lipinski definition) is 10. The number of nitrogens with zero attached hydrogens (tertiary/aromatic N) is 2. The quantitative estimate of drug-likeness (QED) is 0.245. The molecule has 11 nitrogen and oxygen atoms in total. The van der Waals surface area contributed by atoms with Gasteiger partial charge in [0.25, 0.3) is 10.0 Å². The summed E-state index contributed by atoms with van der Waals surface area (Å²) in [6, 6.07) is 18.1. The van der Waals surface area contributed by atoms with Crippen LogP contribution in [0.1, 0.15) is 0 Å². The molecule has 1 aromatic heterocycles. The van der Waals surface area contributed by atoms with E-state index in [1.165, 1.54) is 26.4 Å². The number of hydrogen-bond donors (Lipinski definition) is 3. The van der Waals surface area contributed by atoms with Gasteiger partial charge in [-0.2, -0.15) is 4.98 Å². The van der Waals surface area contributed by atoms with Gasteiger partial charge >= 0.3 is 0 Å². The SMILES string of the molecule is COc1ccc(S(=O)(=O)Nc2ccc(Nc3nccc(Nc4cc(OC)c(OC)c(OC)c4)n3)cc2)cc1. The van der Waals surface area contributed by atoms with E-state index in [4.69, 9.17) is 18.9 Å². The first-order valence-corrected chi connectivity index (χ1v) is 12.8. The van der Waals surface area contributed by atoms with Crippen LogP contribution in [0.4, 0.5) is 28.8 Å². The van der Waals surface area contributed by atoms with Crippen LogP contribution in [0, 0.1) is 0 Å². The lowest BCUT2D eigenvalue weighted by Crippen LogP contribution is -2.12. The summed E-state index contributed by atoms with van der Waals surface area (Å²) in [5.74, 6) is 2.94. The van der Waals surface area contributed by atoms with Gasteiger partial charge in [-0.05, 0) is 54.6 Å². The van der Waals surface area contributed by atoms with Crippen molar-refractivity contribution >= 4 is 38.9 Å². The van der Waals surface area contributed by atoms with E-state index in [-0.39, 0.29) is 4.90 Å². The molecule has 1 heterocycles. The number of nitrogens with one attached hydrogen (secondary N) is 3. The highest BCUT2D eigenvalue weighted by atomic mass is 32.2. The van der Waals surface area contributed by atoms with Crippen molar-refractivity contribution in [2.45, 2.75) is 4.90 Å². The maximum Gasteiger partial charge on any atom is 0.261 e. The van der Waals surface area contributed by atoms with Crippen LogP contribution >= 0.6 is 0 Å². The van der Waals surface area contributed by atoms with E-state index in [0.29, 0.717) is 51.8 Å². The summed E-state index contributed by atoms with van der Waals surface area (Å²) in [7, 11) is 2.40.